The van der Waals surface area contributed by atoms with E-state index in [1.807, 2.05) is 11.0 Å². The molecule has 0 aliphatic carbocycles. The van der Waals surface area contributed by atoms with Crippen LogP contribution in [0.15, 0.2) is 35.7 Å². The monoisotopic (exact) mass is 357 g/mol. The topological polar surface area (TPSA) is 68.5 Å². The lowest BCUT2D eigenvalue weighted by Gasteiger charge is -2.42. The van der Waals surface area contributed by atoms with Crippen molar-refractivity contribution in [3.63, 3.8) is 0 Å². The Morgan fingerprint density at radius 1 is 1.28 bits per heavy atom. The molecule has 132 valence electrons. The SMILES string of the molecule is Nc1nc(C2(c3ccccc3)CCN(C(=O)C3CCOC3)CC2)cs1. The van der Waals surface area contributed by atoms with Gasteiger partial charge in [-0.1, -0.05) is 30.3 Å². The fraction of sp³-hybridized carbons (Fsp3) is 0.474. The first-order valence-electron chi connectivity index (χ1n) is 8.82. The maximum atomic E-state index is 12.7. The number of piperidine rings is 1. The number of hydrogen-bond donors (Lipinski definition) is 1. The second-order valence-corrected chi connectivity index (χ2v) is 7.79. The van der Waals surface area contributed by atoms with Crippen LogP contribution >= 0.6 is 11.3 Å². The van der Waals surface area contributed by atoms with Crippen LogP contribution in [0.25, 0.3) is 0 Å². The van der Waals surface area contributed by atoms with Crippen molar-refractivity contribution >= 4 is 22.4 Å². The molecule has 2 aliphatic heterocycles. The Bertz CT molecular complexity index is 732. The molecule has 2 aliphatic rings. The van der Waals surface area contributed by atoms with Gasteiger partial charge in [0.15, 0.2) is 5.13 Å². The number of rotatable bonds is 3. The molecule has 2 N–H and O–H groups in total. The van der Waals surface area contributed by atoms with E-state index >= 15 is 0 Å². The largest absolute Gasteiger partial charge is 0.381 e. The van der Waals surface area contributed by atoms with E-state index in [0.29, 0.717) is 18.3 Å². The number of benzene rings is 1. The zero-order valence-corrected chi connectivity index (χ0v) is 15.0. The van der Waals surface area contributed by atoms with Crippen LogP contribution in [0, 0.1) is 5.92 Å². The highest BCUT2D eigenvalue weighted by atomic mass is 32.1. The number of ether oxygens (including phenoxy) is 1. The molecular weight excluding hydrogens is 334 g/mol. The number of thiazole rings is 1. The first-order chi connectivity index (χ1) is 12.2. The first kappa shape index (κ1) is 16.5. The van der Waals surface area contributed by atoms with Gasteiger partial charge in [0.2, 0.25) is 5.91 Å². The third-order valence-electron chi connectivity index (χ3n) is 5.55. The Kier molecular flexibility index (Phi) is 4.48. The first-order valence-corrected chi connectivity index (χ1v) is 9.70. The summed E-state index contributed by atoms with van der Waals surface area (Å²) in [5.41, 5.74) is 8.06. The average Bonchev–Trinajstić information content (AvgIpc) is 3.34. The number of hydrogen-bond acceptors (Lipinski definition) is 5. The van der Waals surface area contributed by atoms with Gasteiger partial charge in [0, 0.05) is 30.5 Å². The number of aromatic nitrogens is 1. The minimum Gasteiger partial charge on any atom is -0.381 e. The van der Waals surface area contributed by atoms with Gasteiger partial charge in [0.25, 0.3) is 0 Å². The fourth-order valence-electron chi connectivity index (χ4n) is 4.05. The molecule has 3 heterocycles. The Morgan fingerprint density at radius 2 is 2.04 bits per heavy atom. The smallest absolute Gasteiger partial charge is 0.228 e. The summed E-state index contributed by atoms with van der Waals surface area (Å²) < 4.78 is 5.38. The number of amides is 1. The summed E-state index contributed by atoms with van der Waals surface area (Å²) in [6.45, 7) is 2.78. The molecule has 1 amide bonds. The normalized spacial score (nSPS) is 22.9. The van der Waals surface area contributed by atoms with Crippen LogP contribution in [-0.4, -0.2) is 42.1 Å². The number of carbonyl (C=O) groups is 1. The summed E-state index contributed by atoms with van der Waals surface area (Å²) in [5, 5.41) is 2.68. The van der Waals surface area contributed by atoms with Crippen molar-refractivity contribution in [2.45, 2.75) is 24.7 Å². The van der Waals surface area contributed by atoms with Crippen molar-refractivity contribution in [1.82, 2.24) is 9.88 Å². The van der Waals surface area contributed by atoms with Crippen LogP contribution < -0.4 is 5.73 Å². The molecule has 0 spiro atoms. The molecule has 25 heavy (non-hydrogen) atoms. The van der Waals surface area contributed by atoms with Gasteiger partial charge in [-0.15, -0.1) is 11.3 Å². The fourth-order valence-corrected chi connectivity index (χ4v) is 4.72. The van der Waals surface area contributed by atoms with Crippen LogP contribution in [0.2, 0.25) is 0 Å². The van der Waals surface area contributed by atoms with Gasteiger partial charge in [0.05, 0.1) is 18.2 Å². The van der Waals surface area contributed by atoms with E-state index < -0.39 is 0 Å². The summed E-state index contributed by atoms with van der Waals surface area (Å²) >= 11 is 1.49. The standard InChI is InChI=1S/C19H23N3O2S/c20-18-21-16(13-25-18)19(15-4-2-1-3-5-15)7-9-22(10-8-19)17(23)14-6-11-24-12-14/h1-5,13-14H,6-12H2,(H2,20,21). The van der Waals surface area contributed by atoms with E-state index in [1.54, 1.807) is 0 Å². The van der Waals surface area contributed by atoms with Crippen molar-refractivity contribution in [3.05, 3.63) is 47.0 Å². The second kappa shape index (κ2) is 6.77. The molecule has 1 unspecified atom stereocenters. The highest BCUT2D eigenvalue weighted by Gasteiger charge is 2.41. The second-order valence-electron chi connectivity index (χ2n) is 6.90. The molecule has 1 aromatic carbocycles. The predicted molar refractivity (Wildman–Crippen MR) is 98.5 cm³/mol. The minimum absolute atomic E-state index is 0.0409. The number of nitrogens with two attached hydrogens (primary N) is 1. The van der Waals surface area contributed by atoms with Crippen LogP contribution in [0.5, 0.6) is 0 Å². The highest BCUT2D eigenvalue weighted by Crippen LogP contribution is 2.42. The molecule has 0 saturated carbocycles. The van der Waals surface area contributed by atoms with Crippen molar-refractivity contribution in [1.29, 1.82) is 0 Å². The molecule has 0 radical (unpaired) electrons. The zero-order chi connectivity index (χ0) is 17.3. The van der Waals surface area contributed by atoms with Crippen molar-refractivity contribution < 1.29 is 9.53 Å². The average molecular weight is 357 g/mol. The Hall–Kier alpha value is -1.92. The van der Waals surface area contributed by atoms with Crippen LogP contribution in [0.3, 0.4) is 0 Å². The van der Waals surface area contributed by atoms with E-state index in [-0.39, 0.29) is 17.2 Å². The lowest BCUT2D eigenvalue weighted by Crippen LogP contribution is -2.47. The lowest BCUT2D eigenvalue weighted by atomic mass is 9.70. The third-order valence-corrected chi connectivity index (χ3v) is 6.22. The number of carbonyl (C=O) groups excluding carboxylic acids is 1. The molecule has 2 fully saturated rings. The van der Waals surface area contributed by atoms with Gasteiger partial charge in [-0.2, -0.15) is 0 Å². The zero-order valence-electron chi connectivity index (χ0n) is 14.2. The number of anilines is 1. The summed E-state index contributed by atoms with van der Waals surface area (Å²) in [7, 11) is 0. The quantitative estimate of drug-likeness (QED) is 0.917. The van der Waals surface area contributed by atoms with Crippen molar-refractivity contribution in [2.75, 3.05) is 32.0 Å². The van der Waals surface area contributed by atoms with Crippen molar-refractivity contribution in [3.8, 4) is 0 Å². The lowest BCUT2D eigenvalue weighted by molar-refractivity contribution is -0.137. The van der Waals surface area contributed by atoms with Gasteiger partial charge in [0.1, 0.15) is 0 Å². The molecule has 0 bridgehead atoms. The summed E-state index contributed by atoms with van der Waals surface area (Å²) in [5.74, 6) is 0.288. The maximum absolute atomic E-state index is 12.7. The molecule has 2 aromatic rings. The third kappa shape index (κ3) is 3.04. The summed E-state index contributed by atoms with van der Waals surface area (Å²) in [4.78, 5) is 19.3. The number of nitrogen functional groups attached to an aromatic ring is 1. The van der Waals surface area contributed by atoms with Gasteiger partial charge in [-0.3, -0.25) is 4.79 Å². The molecule has 4 rings (SSSR count). The van der Waals surface area contributed by atoms with Gasteiger partial charge < -0.3 is 15.4 Å². The van der Waals surface area contributed by atoms with E-state index in [2.05, 4.69) is 34.6 Å². The summed E-state index contributed by atoms with van der Waals surface area (Å²) in [6.07, 6.45) is 2.60. The van der Waals surface area contributed by atoms with E-state index in [0.717, 1.165) is 38.0 Å². The molecular formula is C19H23N3O2S. The van der Waals surface area contributed by atoms with Crippen LogP contribution in [-0.2, 0) is 14.9 Å². The minimum atomic E-state index is -0.154. The summed E-state index contributed by atoms with van der Waals surface area (Å²) in [6, 6.07) is 10.5. The Balaban J connectivity index is 1.58. The van der Waals surface area contributed by atoms with E-state index in [1.165, 1.54) is 16.9 Å². The van der Waals surface area contributed by atoms with E-state index in [9.17, 15) is 4.79 Å². The maximum Gasteiger partial charge on any atom is 0.228 e. The Labute approximate surface area is 151 Å². The van der Waals surface area contributed by atoms with E-state index in [4.69, 9.17) is 10.5 Å². The predicted octanol–water partition coefficient (Wildman–Crippen LogP) is 2.67. The molecule has 6 heteroatoms. The van der Waals surface area contributed by atoms with Gasteiger partial charge in [-0.25, -0.2) is 4.98 Å². The van der Waals surface area contributed by atoms with Crippen molar-refractivity contribution in [2.24, 2.45) is 5.92 Å². The van der Waals surface area contributed by atoms with Gasteiger partial charge in [-0.05, 0) is 24.8 Å². The molecule has 1 aromatic heterocycles. The number of likely N-dealkylation sites (tertiary alicyclic amines) is 1. The highest BCUT2D eigenvalue weighted by molar-refractivity contribution is 7.13. The van der Waals surface area contributed by atoms with Crippen LogP contribution in [0.4, 0.5) is 5.13 Å². The van der Waals surface area contributed by atoms with Crippen LogP contribution in [0.1, 0.15) is 30.5 Å². The molecule has 5 nitrogen and oxygen atoms in total. The number of nitrogens with zero attached hydrogens (tertiary/aromatic N) is 2. The molecule has 1 atom stereocenters. The Morgan fingerprint density at radius 3 is 2.64 bits per heavy atom. The molecule has 2 saturated heterocycles. The van der Waals surface area contributed by atoms with Gasteiger partial charge >= 0.3 is 0 Å².